The van der Waals surface area contributed by atoms with Gasteiger partial charge in [0.05, 0.1) is 0 Å². The Morgan fingerprint density at radius 2 is 2.47 bits per heavy atom. The number of nitrogens with zero attached hydrogens (tertiary/aromatic N) is 1. The van der Waals surface area contributed by atoms with E-state index in [0.29, 0.717) is 6.04 Å². The summed E-state index contributed by atoms with van der Waals surface area (Å²) in [4.78, 5) is 4.07. The van der Waals surface area contributed by atoms with Gasteiger partial charge in [-0.3, -0.25) is 4.90 Å². The molecule has 0 aromatic carbocycles. The predicted molar refractivity (Wildman–Crippen MR) is 66.3 cm³/mol. The van der Waals surface area contributed by atoms with Gasteiger partial charge in [0.15, 0.2) is 0 Å². The van der Waals surface area contributed by atoms with Crippen LogP contribution >= 0.6 is 11.3 Å². The maximum Gasteiger partial charge on any atom is 0.0356 e. The predicted octanol–water partition coefficient (Wildman–Crippen LogP) is 2.41. The average molecular weight is 224 g/mol. The van der Waals surface area contributed by atoms with Gasteiger partial charge in [-0.15, -0.1) is 11.3 Å². The van der Waals surface area contributed by atoms with E-state index < -0.39 is 0 Å². The zero-order valence-electron chi connectivity index (χ0n) is 9.41. The normalized spacial score (nSPS) is 20.6. The summed E-state index contributed by atoms with van der Waals surface area (Å²) in [6.45, 7) is 1.92. The molecule has 0 aliphatic heterocycles. The monoisotopic (exact) mass is 224 g/mol. The molecule has 0 saturated heterocycles. The number of fused-ring (bicyclic) bond motifs is 1. The third-order valence-corrected chi connectivity index (χ3v) is 4.26. The van der Waals surface area contributed by atoms with Crippen molar-refractivity contribution in [3.63, 3.8) is 0 Å². The van der Waals surface area contributed by atoms with Crippen LogP contribution < -0.4 is 5.73 Å². The minimum Gasteiger partial charge on any atom is -0.330 e. The molecule has 3 heteroatoms. The average Bonchev–Trinajstić information content (AvgIpc) is 2.73. The van der Waals surface area contributed by atoms with Gasteiger partial charge in [0.25, 0.3) is 0 Å². The van der Waals surface area contributed by atoms with Crippen LogP contribution in [0.5, 0.6) is 0 Å². The van der Waals surface area contributed by atoms with Gasteiger partial charge in [0.1, 0.15) is 0 Å². The third kappa shape index (κ3) is 2.41. The van der Waals surface area contributed by atoms with E-state index >= 15 is 0 Å². The summed E-state index contributed by atoms with van der Waals surface area (Å²) >= 11 is 1.92. The number of hydrogen-bond donors (Lipinski definition) is 1. The van der Waals surface area contributed by atoms with Gasteiger partial charge < -0.3 is 5.73 Å². The Morgan fingerprint density at radius 3 is 3.27 bits per heavy atom. The molecule has 0 saturated carbocycles. The third-order valence-electron chi connectivity index (χ3n) is 3.27. The van der Waals surface area contributed by atoms with Crippen LogP contribution in [0.1, 0.15) is 35.7 Å². The van der Waals surface area contributed by atoms with E-state index in [1.54, 1.807) is 10.4 Å². The molecule has 2 N–H and O–H groups in total. The molecular weight excluding hydrogens is 204 g/mol. The summed E-state index contributed by atoms with van der Waals surface area (Å²) in [5.74, 6) is 0. The standard InChI is InChI=1S/C12H20N2S/c1-14(8-3-7-13)11-4-2-5-12-10(11)6-9-15-12/h6,9,11H,2-5,7-8,13H2,1H3. The molecule has 0 bridgehead atoms. The molecule has 0 fully saturated rings. The molecule has 1 aliphatic carbocycles. The number of aryl methyl sites for hydroxylation is 1. The van der Waals surface area contributed by atoms with Crippen molar-refractivity contribution >= 4 is 11.3 Å². The molecule has 1 aromatic heterocycles. The van der Waals surface area contributed by atoms with Crippen molar-refractivity contribution in [2.75, 3.05) is 20.1 Å². The first-order chi connectivity index (χ1) is 7.33. The maximum atomic E-state index is 5.56. The summed E-state index contributed by atoms with van der Waals surface area (Å²) in [6.07, 6.45) is 5.04. The topological polar surface area (TPSA) is 29.3 Å². The first kappa shape index (κ1) is 11.1. The summed E-state index contributed by atoms with van der Waals surface area (Å²) in [7, 11) is 2.23. The Kier molecular flexibility index (Phi) is 3.78. The molecule has 1 unspecified atom stereocenters. The molecule has 1 aromatic rings. The largest absolute Gasteiger partial charge is 0.330 e. The lowest BCUT2D eigenvalue weighted by Crippen LogP contribution is -2.29. The zero-order valence-corrected chi connectivity index (χ0v) is 10.2. The van der Waals surface area contributed by atoms with Crippen LogP contribution in [0.3, 0.4) is 0 Å². The Hall–Kier alpha value is -0.380. The van der Waals surface area contributed by atoms with Crippen molar-refractivity contribution < 1.29 is 0 Å². The fraction of sp³-hybridized carbons (Fsp3) is 0.667. The quantitative estimate of drug-likeness (QED) is 0.851. The van der Waals surface area contributed by atoms with Gasteiger partial charge in [-0.25, -0.2) is 0 Å². The van der Waals surface area contributed by atoms with Crippen LogP contribution in [-0.2, 0) is 6.42 Å². The Bertz CT molecular complexity index is 308. The van der Waals surface area contributed by atoms with Crippen LogP contribution in [0, 0.1) is 0 Å². The summed E-state index contributed by atoms with van der Waals surface area (Å²) in [5.41, 5.74) is 7.13. The highest BCUT2D eigenvalue weighted by Crippen LogP contribution is 2.36. The number of rotatable bonds is 4. The molecule has 0 amide bonds. The minimum absolute atomic E-state index is 0.645. The summed E-state index contributed by atoms with van der Waals surface area (Å²) in [5, 5.41) is 2.24. The van der Waals surface area contributed by atoms with Crippen molar-refractivity contribution in [2.24, 2.45) is 5.73 Å². The van der Waals surface area contributed by atoms with E-state index in [2.05, 4.69) is 23.4 Å². The van der Waals surface area contributed by atoms with E-state index in [1.165, 1.54) is 19.3 Å². The van der Waals surface area contributed by atoms with Crippen molar-refractivity contribution in [2.45, 2.75) is 31.7 Å². The number of nitrogens with two attached hydrogens (primary N) is 1. The van der Waals surface area contributed by atoms with Crippen LogP contribution in [0.2, 0.25) is 0 Å². The van der Waals surface area contributed by atoms with Crippen LogP contribution in [-0.4, -0.2) is 25.0 Å². The maximum absolute atomic E-state index is 5.56. The van der Waals surface area contributed by atoms with Crippen LogP contribution in [0.25, 0.3) is 0 Å². The lowest BCUT2D eigenvalue weighted by Gasteiger charge is -2.31. The van der Waals surface area contributed by atoms with E-state index in [4.69, 9.17) is 5.73 Å². The highest BCUT2D eigenvalue weighted by molar-refractivity contribution is 7.10. The first-order valence-electron chi connectivity index (χ1n) is 5.79. The van der Waals surface area contributed by atoms with E-state index in [9.17, 15) is 0 Å². The molecule has 1 atom stereocenters. The van der Waals surface area contributed by atoms with Crippen LogP contribution in [0.4, 0.5) is 0 Å². The minimum atomic E-state index is 0.645. The van der Waals surface area contributed by atoms with Crippen LogP contribution in [0.15, 0.2) is 11.4 Å². The molecule has 2 rings (SSSR count). The molecule has 84 valence electrons. The second kappa shape index (κ2) is 5.10. The highest BCUT2D eigenvalue weighted by Gasteiger charge is 2.23. The highest BCUT2D eigenvalue weighted by atomic mass is 32.1. The lowest BCUT2D eigenvalue weighted by molar-refractivity contribution is 0.221. The Labute approximate surface area is 96.1 Å². The van der Waals surface area contributed by atoms with Gasteiger partial charge in [0, 0.05) is 10.9 Å². The number of thiophene rings is 1. The molecule has 0 spiro atoms. The van der Waals surface area contributed by atoms with Crippen molar-refractivity contribution in [3.8, 4) is 0 Å². The summed E-state index contributed by atoms with van der Waals surface area (Å²) in [6, 6.07) is 2.95. The molecular formula is C12H20N2S. The van der Waals surface area contributed by atoms with E-state index in [-0.39, 0.29) is 0 Å². The molecule has 15 heavy (non-hydrogen) atoms. The Morgan fingerprint density at radius 1 is 1.60 bits per heavy atom. The molecule has 2 nitrogen and oxygen atoms in total. The van der Waals surface area contributed by atoms with Gasteiger partial charge in [-0.1, -0.05) is 0 Å². The van der Waals surface area contributed by atoms with Crippen molar-refractivity contribution in [1.29, 1.82) is 0 Å². The van der Waals surface area contributed by atoms with Gasteiger partial charge in [0.2, 0.25) is 0 Å². The van der Waals surface area contributed by atoms with Gasteiger partial charge >= 0.3 is 0 Å². The first-order valence-corrected chi connectivity index (χ1v) is 6.67. The second-order valence-electron chi connectivity index (χ2n) is 4.33. The van der Waals surface area contributed by atoms with E-state index in [0.717, 1.165) is 19.5 Å². The second-order valence-corrected chi connectivity index (χ2v) is 5.33. The molecule has 1 aliphatic rings. The number of hydrogen-bond acceptors (Lipinski definition) is 3. The summed E-state index contributed by atoms with van der Waals surface area (Å²) < 4.78 is 0. The smallest absolute Gasteiger partial charge is 0.0356 e. The van der Waals surface area contributed by atoms with E-state index in [1.807, 2.05) is 11.3 Å². The fourth-order valence-corrected chi connectivity index (χ4v) is 3.40. The molecule has 1 heterocycles. The van der Waals surface area contributed by atoms with Gasteiger partial charge in [-0.2, -0.15) is 0 Å². The Balaban J connectivity index is 2.05. The van der Waals surface area contributed by atoms with Gasteiger partial charge in [-0.05, 0) is 62.8 Å². The van der Waals surface area contributed by atoms with Crippen molar-refractivity contribution in [3.05, 3.63) is 21.9 Å². The zero-order chi connectivity index (χ0) is 10.7. The van der Waals surface area contributed by atoms with Crippen molar-refractivity contribution in [1.82, 2.24) is 4.90 Å². The SMILES string of the molecule is CN(CCCN)C1CCCc2sccc21. The molecule has 0 radical (unpaired) electrons. The lowest BCUT2D eigenvalue weighted by atomic mass is 9.93. The fourth-order valence-electron chi connectivity index (χ4n) is 2.42.